The molecule has 2 aromatic heterocycles. The van der Waals surface area contributed by atoms with E-state index < -0.39 is 0 Å². The van der Waals surface area contributed by atoms with Gasteiger partial charge in [0.05, 0.1) is 0 Å². The van der Waals surface area contributed by atoms with E-state index in [9.17, 15) is 0 Å². The molecule has 0 saturated carbocycles. The van der Waals surface area contributed by atoms with E-state index in [4.69, 9.17) is 4.42 Å². The number of thiophene rings is 1. The summed E-state index contributed by atoms with van der Waals surface area (Å²) in [6, 6.07) is 60.0. The molecule has 0 atom stereocenters. The van der Waals surface area contributed by atoms with Crippen molar-refractivity contribution in [1.82, 2.24) is 0 Å². The van der Waals surface area contributed by atoms with Crippen LogP contribution in [-0.4, -0.2) is 0 Å². The van der Waals surface area contributed by atoms with E-state index in [1.165, 1.54) is 53.4 Å². The van der Waals surface area contributed by atoms with E-state index in [1.807, 2.05) is 17.4 Å². The lowest BCUT2D eigenvalue weighted by Crippen LogP contribution is -2.15. The molecule has 2 heterocycles. The molecule has 0 bridgehead atoms. The standard InChI is InChI=1S/C49H33NOS/c1-49(2)42-15-6-3-11-36(42)41-28-33(24-27-43(41)49)50(34-23-26-39-38-13-5-8-17-45(38)52-46(39)29-34)32-21-18-30(19-22-32)35-14-9-10-31-20-25-40-37-12-4-7-16-44(37)51-48(40)47(31)35/h3-29H,1-2H3. The van der Waals surface area contributed by atoms with Gasteiger partial charge in [0.15, 0.2) is 0 Å². The molecule has 8 aromatic carbocycles. The quantitative estimate of drug-likeness (QED) is 0.184. The fourth-order valence-electron chi connectivity index (χ4n) is 8.73. The summed E-state index contributed by atoms with van der Waals surface area (Å²) in [5.41, 5.74) is 13.0. The summed E-state index contributed by atoms with van der Waals surface area (Å²) in [6.45, 7) is 4.69. The van der Waals surface area contributed by atoms with Gasteiger partial charge in [0.2, 0.25) is 0 Å². The number of benzene rings is 8. The van der Waals surface area contributed by atoms with Crippen LogP contribution in [0.25, 0.3) is 75.1 Å². The van der Waals surface area contributed by atoms with Crippen molar-refractivity contribution in [3.8, 4) is 22.3 Å². The normalized spacial score (nSPS) is 13.3. The highest BCUT2D eigenvalue weighted by Crippen LogP contribution is 2.51. The Morgan fingerprint density at radius 2 is 1.15 bits per heavy atom. The topological polar surface area (TPSA) is 16.4 Å². The maximum atomic E-state index is 6.53. The number of para-hydroxylation sites is 1. The van der Waals surface area contributed by atoms with E-state index in [0.717, 1.165) is 50.0 Å². The summed E-state index contributed by atoms with van der Waals surface area (Å²) < 4.78 is 9.14. The van der Waals surface area contributed by atoms with Crippen LogP contribution in [0.4, 0.5) is 17.1 Å². The Balaban J connectivity index is 1.09. The molecule has 11 rings (SSSR count). The summed E-state index contributed by atoms with van der Waals surface area (Å²) in [5.74, 6) is 0. The third-order valence-electron chi connectivity index (χ3n) is 11.3. The Hall–Kier alpha value is -6.16. The molecule has 0 fully saturated rings. The van der Waals surface area contributed by atoms with Gasteiger partial charge in [0.25, 0.3) is 0 Å². The van der Waals surface area contributed by atoms with Crippen LogP contribution in [0.5, 0.6) is 0 Å². The second kappa shape index (κ2) is 10.9. The summed E-state index contributed by atoms with van der Waals surface area (Å²) in [4.78, 5) is 2.42. The van der Waals surface area contributed by atoms with E-state index in [1.54, 1.807) is 0 Å². The minimum absolute atomic E-state index is 0.0450. The Morgan fingerprint density at radius 3 is 2.06 bits per heavy atom. The van der Waals surface area contributed by atoms with Crippen molar-refractivity contribution in [2.45, 2.75) is 19.3 Å². The average molecular weight is 684 g/mol. The average Bonchev–Trinajstić information content (AvgIpc) is 3.82. The largest absolute Gasteiger partial charge is 0.455 e. The smallest absolute Gasteiger partial charge is 0.143 e. The highest BCUT2D eigenvalue weighted by atomic mass is 32.1. The van der Waals surface area contributed by atoms with Crippen LogP contribution >= 0.6 is 11.3 Å². The van der Waals surface area contributed by atoms with Gasteiger partial charge in [-0.2, -0.15) is 0 Å². The van der Waals surface area contributed by atoms with Crippen LogP contribution in [0.1, 0.15) is 25.0 Å². The zero-order chi connectivity index (χ0) is 34.6. The molecule has 52 heavy (non-hydrogen) atoms. The second-order valence-corrected chi connectivity index (χ2v) is 15.6. The van der Waals surface area contributed by atoms with Crippen molar-refractivity contribution in [1.29, 1.82) is 0 Å². The number of fused-ring (bicyclic) bond motifs is 11. The summed E-state index contributed by atoms with van der Waals surface area (Å²) in [6.07, 6.45) is 0. The number of nitrogens with zero attached hydrogens (tertiary/aromatic N) is 1. The number of hydrogen-bond donors (Lipinski definition) is 0. The van der Waals surface area contributed by atoms with Gasteiger partial charge in [0.1, 0.15) is 11.2 Å². The highest BCUT2D eigenvalue weighted by molar-refractivity contribution is 7.25. The van der Waals surface area contributed by atoms with E-state index in [2.05, 4.69) is 176 Å². The lowest BCUT2D eigenvalue weighted by Gasteiger charge is -2.27. The minimum Gasteiger partial charge on any atom is -0.455 e. The van der Waals surface area contributed by atoms with Gasteiger partial charge in [-0.1, -0.05) is 123 Å². The van der Waals surface area contributed by atoms with Crippen LogP contribution < -0.4 is 4.90 Å². The number of rotatable bonds is 4. The zero-order valence-electron chi connectivity index (χ0n) is 28.9. The third-order valence-corrected chi connectivity index (χ3v) is 12.4. The summed E-state index contributed by atoms with van der Waals surface area (Å²) in [7, 11) is 0. The van der Waals surface area contributed by atoms with Crippen molar-refractivity contribution >= 4 is 81.3 Å². The van der Waals surface area contributed by atoms with Crippen LogP contribution in [0.15, 0.2) is 168 Å². The maximum Gasteiger partial charge on any atom is 0.143 e. The van der Waals surface area contributed by atoms with Crippen LogP contribution in [0.2, 0.25) is 0 Å². The molecule has 1 aliphatic carbocycles. The molecule has 2 nitrogen and oxygen atoms in total. The predicted molar refractivity (Wildman–Crippen MR) is 222 cm³/mol. The molecule has 0 unspecified atom stereocenters. The lowest BCUT2D eigenvalue weighted by molar-refractivity contribution is 0.660. The van der Waals surface area contributed by atoms with Crippen LogP contribution in [0.3, 0.4) is 0 Å². The van der Waals surface area contributed by atoms with Gasteiger partial charge >= 0.3 is 0 Å². The van der Waals surface area contributed by atoms with Gasteiger partial charge in [-0.05, 0) is 93.4 Å². The first kappa shape index (κ1) is 29.6. The fourth-order valence-corrected chi connectivity index (χ4v) is 9.87. The molecule has 1 aliphatic rings. The number of anilines is 3. The first-order valence-corrected chi connectivity index (χ1v) is 18.7. The number of hydrogen-bond acceptors (Lipinski definition) is 3. The second-order valence-electron chi connectivity index (χ2n) is 14.5. The van der Waals surface area contributed by atoms with Crippen LogP contribution in [0, 0.1) is 0 Å². The Bertz CT molecular complexity index is 3050. The first-order valence-electron chi connectivity index (χ1n) is 17.9. The summed E-state index contributed by atoms with van der Waals surface area (Å²) >= 11 is 1.86. The van der Waals surface area contributed by atoms with Crippen molar-refractivity contribution < 1.29 is 4.42 Å². The van der Waals surface area contributed by atoms with Gasteiger partial charge in [-0.25, -0.2) is 0 Å². The van der Waals surface area contributed by atoms with Crippen molar-refractivity contribution in [2.24, 2.45) is 0 Å². The Kier molecular flexibility index (Phi) is 6.21. The molecule has 0 aliphatic heterocycles. The highest BCUT2D eigenvalue weighted by Gasteiger charge is 2.35. The van der Waals surface area contributed by atoms with Crippen molar-refractivity contribution in [3.05, 3.63) is 175 Å². The van der Waals surface area contributed by atoms with Gasteiger partial charge in [-0.15, -0.1) is 11.3 Å². The lowest BCUT2D eigenvalue weighted by atomic mass is 9.82. The van der Waals surface area contributed by atoms with Crippen molar-refractivity contribution in [3.63, 3.8) is 0 Å². The molecule has 0 amide bonds. The SMILES string of the molecule is CC1(C)c2ccccc2-c2cc(N(c3ccc(-c4cccc5ccc6c7ccccc7oc6c45)cc3)c3ccc4c(c3)sc3ccccc34)ccc21. The van der Waals surface area contributed by atoms with Gasteiger partial charge in [0, 0.05) is 58.8 Å². The monoisotopic (exact) mass is 683 g/mol. The Morgan fingerprint density at radius 1 is 0.481 bits per heavy atom. The van der Waals surface area contributed by atoms with Gasteiger partial charge < -0.3 is 9.32 Å². The Labute approximate surface area is 305 Å². The van der Waals surface area contributed by atoms with E-state index in [0.29, 0.717) is 0 Å². The van der Waals surface area contributed by atoms with Gasteiger partial charge in [-0.3, -0.25) is 0 Å². The summed E-state index contributed by atoms with van der Waals surface area (Å²) in [5, 5.41) is 7.24. The fraction of sp³-hybridized carbons (Fsp3) is 0.0612. The van der Waals surface area contributed by atoms with Crippen molar-refractivity contribution in [2.75, 3.05) is 4.90 Å². The van der Waals surface area contributed by atoms with Crippen LogP contribution in [-0.2, 0) is 5.41 Å². The molecule has 3 heteroatoms. The number of furan rings is 1. The van der Waals surface area contributed by atoms with E-state index >= 15 is 0 Å². The molecule has 0 saturated heterocycles. The minimum atomic E-state index is -0.0450. The molecule has 0 spiro atoms. The molecular weight excluding hydrogens is 651 g/mol. The third kappa shape index (κ3) is 4.23. The zero-order valence-corrected chi connectivity index (χ0v) is 29.7. The first-order chi connectivity index (χ1) is 25.5. The molecular formula is C49H33NOS. The molecule has 10 aromatic rings. The predicted octanol–water partition coefficient (Wildman–Crippen LogP) is 14.6. The van der Waals surface area contributed by atoms with E-state index in [-0.39, 0.29) is 5.41 Å². The maximum absolute atomic E-state index is 6.53. The molecule has 246 valence electrons. The molecule has 0 radical (unpaired) electrons. The molecule has 0 N–H and O–H groups in total.